The van der Waals surface area contributed by atoms with Crippen LogP contribution >= 0.6 is 0 Å². The van der Waals surface area contributed by atoms with Gasteiger partial charge in [-0.05, 0) is 148 Å². The van der Waals surface area contributed by atoms with Gasteiger partial charge in [0.15, 0.2) is 0 Å². The number of hydrogen-bond donors (Lipinski definition) is 5. The number of alkyl halides is 3. The standard InChI is InChI=1S/C65H74F3N9O8/c1-45-38-61(78)73-57-19-13-47(39-54(45)57)41-62(79)76-29-21-46(22-30-76)40-59(74-64(81)58-20-14-49(43-71-58)48-8-4-3-5-9-48)63(80)70-26-31-82-32-33-83-34-35-84-36-37-85-53-17-15-50(16-18-53)69-25-7-10-52-42-55-56(72-51-23-27-75(2)28-24-51)11-6-12-60(55)77(52)44-65(66,67)68/h3-6,8-9,11-20,38-39,42-43,46,51,59,69,72H,21-37,40-41,44H2,1-2H3,(H,70,80)(H,73,78)(H,74,81)/t59-/m1/s1. The second kappa shape index (κ2) is 30.0. The molecule has 448 valence electrons. The van der Waals surface area contributed by atoms with Crippen molar-refractivity contribution >= 4 is 50.9 Å². The van der Waals surface area contributed by atoms with Crippen LogP contribution in [-0.2, 0) is 36.8 Å². The summed E-state index contributed by atoms with van der Waals surface area (Å²) in [5.74, 6) is 5.90. The normalized spacial score (nSPS) is 14.6. The van der Waals surface area contributed by atoms with Crippen molar-refractivity contribution in [1.82, 2.24) is 35.0 Å². The van der Waals surface area contributed by atoms with E-state index in [1.807, 2.05) is 96.8 Å². The summed E-state index contributed by atoms with van der Waals surface area (Å²) in [5, 5.41) is 14.3. The third-order valence-electron chi connectivity index (χ3n) is 15.3. The lowest BCUT2D eigenvalue weighted by atomic mass is 9.89. The van der Waals surface area contributed by atoms with Crippen molar-refractivity contribution in [2.45, 2.75) is 70.3 Å². The largest absolute Gasteiger partial charge is 0.491 e. The smallest absolute Gasteiger partial charge is 0.406 e. The van der Waals surface area contributed by atoms with Crippen LogP contribution < -0.4 is 31.6 Å². The molecule has 0 aliphatic carbocycles. The lowest BCUT2D eigenvalue weighted by molar-refractivity contribution is -0.140. The number of fused-ring (bicyclic) bond motifs is 2. The number of hydrogen-bond acceptors (Lipinski definition) is 12. The molecule has 0 bridgehead atoms. The number of H-pyrrole nitrogens is 1. The molecule has 3 amide bonds. The van der Waals surface area contributed by atoms with E-state index < -0.39 is 24.7 Å². The molecule has 7 aromatic rings. The van der Waals surface area contributed by atoms with Gasteiger partial charge in [0.2, 0.25) is 17.4 Å². The minimum absolute atomic E-state index is 0.00819. The summed E-state index contributed by atoms with van der Waals surface area (Å²) in [6.07, 6.45) is 1.10. The number of carbonyl (C=O) groups excluding carboxylic acids is 3. The summed E-state index contributed by atoms with van der Waals surface area (Å²) in [7, 11) is 2.09. The molecule has 17 nitrogen and oxygen atoms in total. The fourth-order valence-electron chi connectivity index (χ4n) is 10.7. The molecule has 5 N–H and O–H groups in total. The maximum absolute atomic E-state index is 13.8. The molecule has 0 unspecified atom stereocenters. The zero-order chi connectivity index (χ0) is 59.5. The predicted molar refractivity (Wildman–Crippen MR) is 323 cm³/mol. The number of amides is 3. The van der Waals surface area contributed by atoms with Crippen LogP contribution in [0.15, 0.2) is 126 Å². The highest BCUT2D eigenvalue weighted by Gasteiger charge is 2.31. The lowest BCUT2D eigenvalue weighted by Gasteiger charge is -2.33. The Morgan fingerprint density at radius 1 is 0.776 bits per heavy atom. The van der Waals surface area contributed by atoms with Crippen LogP contribution in [0, 0.1) is 24.7 Å². The number of piperidine rings is 2. The Labute approximate surface area is 492 Å². The number of anilines is 2. The van der Waals surface area contributed by atoms with E-state index >= 15 is 0 Å². The number of aromatic nitrogens is 3. The zero-order valence-electron chi connectivity index (χ0n) is 48.1. The molecular formula is C65H74F3N9O8. The van der Waals surface area contributed by atoms with Gasteiger partial charge in [0.05, 0.1) is 63.8 Å². The molecule has 2 aliphatic heterocycles. The summed E-state index contributed by atoms with van der Waals surface area (Å²) < 4.78 is 65.4. The average molecular weight is 1170 g/mol. The maximum atomic E-state index is 13.8. The molecule has 0 radical (unpaired) electrons. The van der Waals surface area contributed by atoms with Gasteiger partial charge in [-0.15, -0.1) is 0 Å². The van der Waals surface area contributed by atoms with Gasteiger partial charge in [-0.25, -0.2) is 0 Å². The number of rotatable bonds is 26. The van der Waals surface area contributed by atoms with E-state index in [-0.39, 0.29) is 61.1 Å². The van der Waals surface area contributed by atoms with E-state index in [1.54, 1.807) is 36.5 Å². The van der Waals surface area contributed by atoms with Crippen LogP contribution in [0.2, 0.25) is 0 Å². The van der Waals surface area contributed by atoms with Crippen molar-refractivity contribution in [3.05, 3.63) is 154 Å². The van der Waals surface area contributed by atoms with Gasteiger partial charge in [0, 0.05) is 71.2 Å². The van der Waals surface area contributed by atoms with Gasteiger partial charge >= 0.3 is 6.18 Å². The van der Waals surface area contributed by atoms with Crippen molar-refractivity contribution in [2.75, 3.05) is 103 Å². The molecule has 9 rings (SSSR count). The van der Waals surface area contributed by atoms with Gasteiger partial charge in [-0.2, -0.15) is 13.2 Å². The number of benzene rings is 4. The van der Waals surface area contributed by atoms with Crippen molar-refractivity contribution in [3.63, 3.8) is 0 Å². The first-order valence-corrected chi connectivity index (χ1v) is 29.0. The number of nitrogens with zero attached hydrogens (tertiary/aromatic N) is 4. The van der Waals surface area contributed by atoms with Crippen molar-refractivity contribution < 1.29 is 46.5 Å². The highest BCUT2D eigenvalue weighted by Crippen LogP contribution is 2.32. The summed E-state index contributed by atoms with van der Waals surface area (Å²) in [4.78, 5) is 64.1. The summed E-state index contributed by atoms with van der Waals surface area (Å²) in [6.45, 7) is 6.36. The number of carbonyl (C=O) groups is 3. The van der Waals surface area contributed by atoms with E-state index in [4.69, 9.17) is 18.9 Å². The topological polar surface area (TPSA) is 193 Å². The molecule has 0 saturated carbocycles. The van der Waals surface area contributed by atoms with Gasteiger partial charge in [-0.3, -0.25) is 24.2 Å². The number of aromatic amines is 1. The number of aryl methyl sites for hydroxylation is 1. The highest BCUT2D eigenvalue weighted by atomic mass is 19.4. The predicted octanol–water partition coefficient (Wildman–Crippen LogP) is 8.60. The molecule has 2 saturated heterocycles. The van der Waals surface area contributed by atoms with Crippen LogP contribution in [0.1, 0.15) is 59.4 Å². The Morgan fingerprint density at radius 3 is 2.22 bits per heavy atom. The van der Waals surface area contributed by atoms with Gasteiger partial charge in [0.25, 0.3) is 5.91 Å². The van der Waals surface area contributed by atoms with E-state index in [2.05, 4.69) is 55.0 Å². The van der Waals surface area contributed by atoms with E-state index in [9.17, 15) is 32.3 Å². The molecule has 3 aromatic heterocycles. The molecule has 20 heteroatoms. The number of halogens is 3. The van der Waals surface area contributed by atoms with Crippen molar-refractivity contribution in [1.29, 1.82) is 0 Å². The number of ether oxygens (including phenoxy) is 4. The minimum Gasteiger partial charge on any atom is -0.491 e. The minimum atomic E-state index is -4.41. The van der Waals surface area contributed by atoms with Crippen LogP contribution in [-0.4, -0.2) is 153 Å². The molecule has 5 heterocycles. The Bertz CT molecular complexity index is 3460. The SMILES string of the molecule is Cc1cc(=O)[nH]c2ccc(CC(=O)N3CCC(C[C@@H](NC(=O)c4ccc(-c5ccccc5)cn4)C(=O)NCCOCCOCCOCCOc4ccc(NCC#Cc5cc6c(NC7CCN(C)CC7)cccc6n5CC(F)(F)F)cc4)CC3)cc12. The summed E-state index contributed by atoms with van der Waals surface area (Å²) in [6, 6.07) is 34.3. The fourth-order valence-corrected chi connectivity index (χ4v) is 10.7. The molecule has 85 heavy (non-hydrogen) atoms. The lowest BCUT2D eigenvalue weighted by Crippen LogP contribution is -2.49. The number of nitrogens with one attached hydrogen (secondary N) is 5. The molecule has 4 aromatic carbocycles. The summed E-state index contributed by atoms with van der Waals surface area (Å²) in [5.41, 5.74) is 6.68. The Morgan fingerprint density at radius 2 is 1.51 bits per heavy atom. The molecular weight excluding hydrogens is 1090 g/mol. The Hall–Kier alpha value is -8.22. The molecule has 0 spiro atoms. The molecule has 2 fully saturated rings. The monoisotopic (exact) mass is 1170 g/mol. The number of likely N-dealkylation sites (tertiary alicyclic amines) is 2. The van der Waals surface area contributed by atoms with Gasteiger partial charge in [-0.1, -0.05) is 54.5 Å². The fraction of sp³-hybridized carbons (Fsp3) is 0.400. The zero-order valence-corrected chi connectivity index (χ0v) is 48.1. The average Bonchev–Trinajstić information content (AvgIpc) is 2.43. The van der Waals surface area contributed by atoms with Crippen LogP contribution in [0.4, 0.5) is 24.5 Å². The van der Waals surface area contributed by atoms with Crippen LogP contribution in [0.5, 0.6) is 5.75 Å². The first kappa shape index (κ1) is 61.3. The summed E-state index contributed by atoms with van der Waals surface area (Å²) >= 11 is 0. The van der Waals surface area contributed by atoms with Crippen molar-refractivity contribution in [3.8, 4) is 28.7 Å². The third kappa shape index (κ3) is 18.1. The van der Waals surface area contributed by atoms with Gasteiger partial charge < -0.3 is 59.6 Å². The van der Waals surface area contributed by atoms with Crippen molar-refractivity contribution in [2.24, 2.45) is 5.92 Å². The van der Waals surface area contributed by atoms with E-state index in [0.717, 1.165) is 75.8 Å². The number of pyridine rings is 2. The molecule has 1 atom stereocenters. The van der Waals surface area contributed by atoms with E-state index in [1.165, 1.54) is 4.57 Å². The second-order valence-electron chi connectivity index (χ2n) is 21.6. The second-order valence-corrected chi connectivity index (χ2v) is 21.6. The first-order valence-electron chi connectivity index (χ1n) is 29.0. The van der Waals surface area contributed by atoms with Crippen LogP contribution in [0.25, 0.3) is 32.9 Å². The van der Waals surface area contributed by atoms with E-state index in [0.29, 0.717) is 89.0 Å². The Balaban J connectivity index is 0.651. The first-order chi connectivity index (χ1) is 41.2. The quantitative estimate of drug-likeness (QED) is 0.0257. The van der Waals surface area contributed by atoms with Crippen LogP contribution in [0.3, 0.4) is 0 Å². The third-order valence-corrected chi connectivity index (χ3v) is 15.3. The molecule has 2 aliphatic rings. The maximum Gasteiger partial charge on any atom is 0.406 e. The van der Waals surface area contributed by atoms with Gasteiger partial charge in [0.1, 0.15) is 30.6 Å². The highest BCUT2D eigenvalue weighted by molar-refractivity contribution is 5.96. The Kier molecular flexibility index (Phi) is 21.7.